The molecule has 0 atom stereocenters. The van der Waals surface area contributed by atoms with Gasteiger partial charge in [-0.15, -0.1) is 0 Å². The quantitative estimate of drug-likeness (QED) is 0.621. The van der Waals surface area contributed by atoms with Gasteiger partial charge in [0, 0.05) is 12.6 Å². The summed E-state index contributed by atoms with van der Waals surface area (Å²) in [6, 6.07) is 5.93. The lowest BCUT2D eigenvalue weighted by atomic mass is 10.2. The van der Waals surface area contributed by atoms with Gasteiger partial charge in [0.25, 0.3) is 0 Å². The summed E-state index contributed by atoms with van der Waals surface area (Å²) in [4.78, 5) is 11.0. The smallest absolute Gasteiger partial charge is 0.241 e. The van der Waals surface area contributed by atoms with Crippen LogP contribution >= 0.6 is 0 Å². The molecule has 19 heavy (non-hydrogen) atoms. The Morgan fingerprint density at radius 2 is 2.16 bits per heavy atom. The van der Waals surface area contributed by atoms with Gasteiger partial charge >= 0.3 is 0 Å². The summed E-state index contributed by atoms with van der Waals surface area (Å²) in [5, 5.41) is 10.9. The van der Waals surface area contributed by atoms with Crippen molar-refractivity contribution in [3.63, 3.8) is 0 Å². The number of aliphatic hydroxyl groups excluding tert-OH is 1. The zero-order valence-electron chi connectivity index (χ0n) is 10.3. The highest BCUT2D eigenvalue weighted by Gasteiger charge is 2.15. The van der Waals surface area contributed by atoms with Gasteiger partial charge in [0.1, 0.15) is 6.61 Å². The Balaban J connectivity index is 2.92. The average molecular weight is 282 g/mol. The second-order valence-corrected chi connectivity index (χ2v) is 5.25. The molecule has 7 heteroatoms. The molecule has 0 radical (unpaired) electrons. The van der Waals surface area contributed by atoms with E-state index in [2.05, 4.69) is 21.9 Å². The van der Waals surface area contributed by atoms with Gasteiger partial charge in [0.15, 0.2) is 0 Å². The Morgan fingerprint density at radius 1 is 1.42 bits per heavy atom. The van der Waals surface area contributed by atoms with Crippen molar-refractivity contribution in [2.45, 2.75) is 4.90 Å². The summed E-state index contributed by atoms with van der Waals surface area (Å²) < 4.78 is 26.0. The van der Waals surface area contributed by atoms with E-state index in [0.29, 0.717) is 5.56 Å². The number of nitrogens with one attached hydrogen (secondary N) is 2. The van der Waals surface area contributed by atoms with Gasteiger partial charge < -0.3 is 10.4 Å². The van der Waals surface area contributed by atoms with Crippen molar-refractivity contribution in [3.8, 4) is 11.8 Å². The van der Waals surface area contributed by atoms with Crippen molar-refractivity contribution in [3.05, 3.63) is 29.8 Å². The van der Waals surface area contributed by atoms with E-state index in [1.165, 1.54) is 25.2 Å². The van der Waals surface area contributed by atoms with Crippen LogP contribution in [0.15, 0.2) is 29.2 Å². The zero-order valence-corrected chi connectivity index (χ0v) is 11.1. The standard InChI is InChI=1S/C12H14N2O4S/c1-13-12(16)9-14-19(17,18)11-6-2-4-10(8-11)5-3-7-15/h2,4,6,8,14-15H,7,9H2,1H3,(H,13,16). The second-order valence-electron chi connectivity index (χ2n) is 3.49. The SMILES string of the molecule is CNC(=O)CNS(=O)(=O)c1cccc(C#CCO)c1. The van der Waals surface area contributed by atoms with Gasteiger partial charge in [-0.25, -0.2) is 13.1 Å². The number of amides is 1. The van der Waals surface area contributed by atoms with Crippen LogP contribution in [0, 0.1) is 11.8 Å². The van der Waals surface area contributed by atoms with E-state index >= 15 is 0 Å². The summed E-state index contributed by atoms with van der Waals surface area (Å²) in [6.07, 6.45) is 0. The fourth-order valence-corrected chi connectivity index (χ4v) is 2.24. The summed E-state index contributed by atoms with van der Waals surface area (Å²) in [5.74, 6) is 4.61. The van der Waals surface area contributed by atoms with Crippen molar-refractivity contribution in [1.82, 2.24) is 10.0 Å². The van der Waals surface area contributed by atoms with Crippen molar-refractivity contribution < 1.29 is 18.3 Å². The highest BCUT2D eigenvalue weighted by molar-refractivity contribution is 7.89. The average Bonchev–Trinajstić information content (AvgIpc) is 2.43. The molecule has 1 amide bonds. The molecule has 0 aliphatic heterocycles. The Bertz CT molecular complexity index is 614. The van der Waals surface area contributed by atoms with Gasteiger partial charge in [-0.3, -0.25) is 4.79 Å². The Hall–Kier alpha value is -1.88. The first-order chi connectivity index (χ1) is 8.99. The fourth-order valence-electron chi connectivity index (χ4n) is 1.21. The minimum Gasteiger partial charge on any atom is -0.384 e. The molecule has 0 aliphatic carbocycles. The molecule has 1 aromatic rings. The fraction of sp³-hybridized carbons (Fsp3) is 0.250. The summed E-state index contributed by atoms with van der Waals surface area (Å²) in [5.41, 5.74) is 0.469. The van der Waals surface area contributed by atoms with Crippen LogP contribution < -0.4 is 10.0 Å². The third kappa shape index (κ3) is 4.71. The number of benzene rings is 1. The van der Waals surface area contributed by atoms with Crippen molar-refractivity contribution in [1.29, 1.82) is 0 Å². The molecule has 0 saturated carbocycles. The van der Waals surface area contributed by atoms with E-state index in [1.807, 2.05) is 0 Å². The Morgan fingerprint density at radius 3 is 2.79 bits per heavy atom. The molecule has 0 fully saturated rings. The molecule has 0 spiro atoms. The van der Waals surface area contributed by atoms with E-state index in [0.717, 1.165) is 0 Å². The number of carbonyl (C=O) groups is 1. The van der Waals surface area contributed by atoms with Gasteiger partial charge in [0.2, 0.25) is 15.9 Å². The second kappa shape index (κ2) is 6.89. The molecule has 102 valence electrons. The van der Waals surface area contributed by atoms with Gasteiger partial charge in [-0.2, -0.15) is 0 Å². The minimum absolute atomic E-state index is 0.0149. The largest absolute Gasteiger partial charge is 0.384 e. The Kier molecular flexibility index (Phi) is 5.51. The minimum atomic E-state index is -3.75. The van der Waals surface area contributed by atoms with E-state index in [4.69, 9.17) is 5.11 Å². The first-order valence-corrected chi connectivity index (χ1v) is 6.88. The van der Waals surface area contributed by atoms with Gasteiger partial charge in [0.05, 0.1) is 11.4 Å². The first-order valence-electron chi connectivity index (χ1n) is 5.39. The summed E-state index contributed by atoms with van der Waals surface area (Å²) >= 11 is 0. The normalized spacial score (nSPS) is 10.4. The maximum Gasteiger partial charge on any atom is 0.241 e. The van der Waals surface area contributed by atoms with Crippen molar-refractivity contribution in [2.75, 3.05) is 20.2 Å². The van der Waals surface area contributed by atoms with E-state index < -0.39 is 15.9 Å². The lowest BCUT2D eigenvalue weighted by Gasteiger charge is -2.06. The summed E-state index contributed by atoms with van der Waals surface area (Å²) in [6.45, 7) is -0.628. The third-order valence-corrected chi connectivity index (χ3v) is 3.56. The predicted octanol–water partition coefficient (Wildman–Crippen LogP) is -0.945. The number of hydrogen-bond donors (Lipinski definition) is 3. The van der Waals surface area contributed by atoms with Crippen molar-refractivity contribution in [2.24, 2.45) is 0 Å². The number of aliphatic hydroxyl groups is 1. The van der Waals surface area contributed by atoms with Crippen LogP contribution in [-0.4, -0.2) is 39.6 Å². The number of likely N-dealkylation sites (N-methyl/N-ethyl adjacent to an activating group) is 1. The lowest BCUT2D eigenvalue weighted by Crippen LogP contribution is -2.35. The maximum absolute atomic E-state index is 11.9. The summed E-state index contributed by atoms with van der Waals surface area (Å²) in [7, 11) is -2.34. The van der Waals surface area contributed by atoms with Gasteiger partial charge in [-0.1, -0.05) is 17.9 Å². The molecule has 1 rings (SSSR count). The molecule has 0 unspecified atom stereocenters. The van der Waals surface area contributed by atoms with Crippen LogP contribution in [0.1, 0.15) is 5.56 Å². The predicted molar refractivity (Wildman–Crippen MR) is 69.7 cm³/mol. The van der Waals surface area contributed by atoms with Crippen LogP contribution in [0.25, 0.3) is 0 Å². The highest BCUT2D eigenvalue weighted by atomic mass is 32.2. The number of sulfonamides is 1. The van der Waals surface area contributed by atoms with Crippen LogP contribution in [0.2, 0.25) is 0 Å². The van der Waals surface area contributed by atoms with Crippen LogP contribution in [0.3, 0.4) is 0 Å². The number of hydrogen-bond acceptors (Lipinski definition) is 4. The molecule has 6 nitrogen and oxygen atoms in total. The lowest BCUT2D eigenvalue weighted by molar-refractivity contribution is -0.119. The maximum atomic E-state index is 11.9. The van der Waals surface area contributed by atoms with Crippen LogP contribution in [0.4, 0.5) is 0 Å². The molecule has 0 saturated heterocycles. The van der Waals surface area contributed by atoms with E-state index in [1.54, 1.807) is 6.07 Å². The van der Waals surface area contributed by atoms with E-state index in [9.17, 15) is 13.2 Å². The number of rotatable bonds is 4. The third-order valence-electron chi connectivity index (χ3n) is 2.16. The molecule has 0 bridgehead atoms. The van der Waals surface area contributed by atoms with E-state index in [-0.39, 0.29) is 18.0 Å². The molecule has 0 aliphatic rings. The molecule has 3 N–H and O–H groups in total. The van der Waals surface area contributed by atoms with Crippen molar-refractivity contribution >= 4 is 15.9 Å². The van der Waals surface area contributed by atoms with Gasteiger partial charge in [-0.05, 0) is 18.2 Å². The molecular formula is C12H14N2O4S. The molecule has 0 heterocycles. The first kappa shape index (κ1) is 15.2. The van der Waals surface area contributed by atoms with Crippen LogP contribution in [0.5, 0.6) is 0 Å². The number of carbonyl (C=O) groups excluding carboxylic acids is 1. The highest BCUT2D eigenvalue weighted by Crippen LogP contribution is 2.10. The molecular weight excluding hydrogens is 268 g/mol. The molecule has 1 aromatic carbocycles. The topological polar surface area (TPSA) is 95.5 Å². The molecule has 0 aromatic heterocycles. The Labute approximate surface area is 111 Å². The monoisotopic (exact) mass is 282 g/mol. The zero-order chi connectivity index (χ0) is 14.3. The van der Waals surface area contributed by atoms with Crippen LogP contribution in [-0.2, 0) is 14.8 Å².